The summed E-state index contributed by atoms with van der Waals surface area (Å²) in [5.41, 5.74) is 2.19. The number of piperazine rings is 1. The Bertz CT molecular complexity index is 629. The molecule has 1 aliphatic heterocycles. The fraction of sp³-hybridized carbons (Fsp3) is 0.588. The summed E-state index contributed by atoms with van der Waals surface area (Å²) in [5.74, 6) is 0.692. The van der Waals surface area contributed by atoms with Crippen molar-refractivity contribution in [1.82, 2.24) is 30.0 Å². The Morgan fingerprint density at radius 2 is 1.83 bits per heavy atom. The van der Waals surface area contributed by atoms with Crippen molar-refractivity contribution < 1.29 is 0 Å². The number of benzene rings is 1. The molecule has 7 heteroatoms. The molecule has 2 heterocycles. The van der Waals surface area contributed by atoms with Crippen molar-refractivity contribution in [3.8, 4) is 5.69 Å². The molecule has 0 spiro atoms. The van der Waals surface area contributed by atoms with Crippen LogP contribution in [0.25, 0.3) is 5.69 Å². The third kappa shape index (κ3) is 3.91. The number of likely N-dealkylation sites (N-methyl/N-ethyl adjacent to an activating group) is 1. The Hall–Kier alpha value is -1.99. The Labute approximate surface area is 143 Å². The lowest BCUT2D eigenvalue weighted by molar-refractivity contribution is 0.110. The summed E-state index contributed by atoms with van der Waals surface area (Å²) >= 11 is 0. The largest absolute Gasteiger partial charge is 0.351 e. The summed E-state index contributed by atoms with van der Waals surface area (Å²) in [4.78, 5) is 5.02. The summed E-state index contributed by atoms with van der Waals surface area (Å²) in [6.07, 6.45) is 0. The van der Waals surface area contributed by atoms with Crippen molar-refractivity contribution in [2.75, 3.05) is 44.6 Å². The second kappa shape index (κ2) is 7.72. The van der Waals surface area contributed by atoms with Crippen LogP contribution in [0.15, 0.2) is 24.3 Å². The summed E-state index contributed by atoms with van der Waals surface area (Å²) in [5, 5.41) is 15.4. The van der Waals surface area contributed by atoms with E-state index in [1.54, 1.807) is 4.68 Å². The molecule has 1 atom stereocenters. The van der Waals surface area contributed by atoms with E-state index in [0.29, 0.717) is 12.0 Å². The van der Waals surface area contributed by atoms with Gasteiger partial charge in [0.05, 0.1) is 5.69 Å². The van der Waals surface area contributed by atoms with E-state index in [0.717, 1.165) is 45.0 Å². The molecule has 3 rings (SSSR count). The first-order valence-electron chi connectivity index (χ1n) is 8.73. The topological polar surface area (TPSA) is 62.1 Å². The molecule has 0 radical (unpaired) electrons. The van der Waals surface area contributed by atoms with Crippen LogP contribution in [0.3, 0.4) is 0 Å². The zero-order valence-electron chi connectivity index (χ0n) is 14.8. The number of hydrogen-bond acceptors (Lipinski definition) is 6. The summed E-state index contributed by atoms with van der Waals surface area (Å²) in [6, 6.07) is 8.65. The molecule has 7 nitrogen and oxygen atoms in total. The van der Waals surface area contributed by atoms with E-state index in [1.807, 2.05) is 12.1 Å². The van der Waals surface area contributed by atoms with Gasteiger partial charge in [0.15, 0.2) is 0 Å². The van der Waals surface area contributed by atoms with Gasteiger partial charge in [-0.2, -0.15) is 4.68 Å². The van der Waals surface area contributed by atoms with Crippen LogP contribution in [0.2, 0.25) is 0 Å². The highest BCUT2D eigenvalue weighted by Crippen LogP contribution is 2.13. The van der Waals surface area contributed by atoms with Gasteiger partial charge >= 0.3 is 0 Å². The third-order valence-electron chi connectivity index (χ3n) is 4.78. The van der Waals surface area contributed by atoms with E-state index in [1.165, 1.54) is 5.56 Å². The first-order valence-corrected chi connectivity index (χ1v) is 8.73. The molecule has 2 aromatic rings. The van der Waals surface area contributed by atoms with Crippen LogP contribution < -0.4 is 5.32 Å². The Morgan fingerprint density at radius 3 is 2.50 bits per heavy atom. The van der Waals surface area contributed by atoms with Gasteiger partial charge in [-0.25, -0.2) is 0 Å². The Balaban J connectivity index is 1.57. The van der Waals surface area contributed by atoms with Gasteiger partial charge in [-0.15, -0.1) is 0 Å². The SMILES string of the molecule is CCN1CCN(C(C)CNc2nnnn2-c2ccc(C)cc2)CC1. The number of aromatic nitrogens is 4. The first-order chi connectivity index (χ1) is 11.7. The van der Waals surface area contributed by atoms with Crippen molar-refractivity contribution >= 4 is 5.95 Å². The van der Waals surface area contributed by atoms with E-state index in [9.17, 15) is 0 Å². The number of anilines is 1. The van der Waals surface area contributed by atoms with Gasteiger partial charge < -0.3 is 10.2 Å². The van der Waals surface area contributed by atoms with Crippen LogP contribution in [0.4, 0.5) is 5.95 Å². The molecule has 0 aliphatic carbocycles. The van der Waals surface area contributed by atoms with Crippen LogP contribution in [-0.4, -0.2) is 75.3 Å². The normalized spacial score (nSPS) is 17.8. The van der Waals surface area contributed by atoms with E-state index < -0.39 is 0 Å². The Kier molecular flexibility index (Phi) is 5.42. The van der Waals surface area contributed by atoms with Crippen molar-refractivity contribution in [2.45, 2.75) is 26.8 Å². The van der Waals surface area contributed by atoms with Crippen LogP contribution in [0.1, 0.15) is 19.4 Å². The van der Waals surface area contributed by atoms with E-state index in [2.05, 4.69) is 63.5 Å². The molecule has 1 unspecified atom stereocenters. The minimum absolute atomic E-state index is 0.451. The number of hydrogen-bond donors (Lipinski definition) is 1. The fourth-order valence-corrected chi connectivity index (χ4v) is 3.05. The second-order valence-electron chi connectivity index (χ2n) is 6.45. The molecule has 1 aromatic carbocycles. The van der Waals surface area contributed by atoms with Gasteiger partial charge in [0.25, 0.3) is 0 Å². The number of rotatable bonds is 6. The molecular formula is C17H27N7. The number of tetrazole rings is 1. The molecule has 1 fully saturated rings. The smallest absolute Gasteiger partial charge is 0.247 e. The third-order valence-corrected chi connectivity index (χ3v) is 4.78. The maximum absolute atomic E-state index is 4.12. The molecule has 0 bridgehead atoms. The van der Waals surface area contributed by atoms with Crippen LogP contribution in [0.5, 0.6) is 0 Å². The highest BCUT2D eigenvalue weighted by molar-refractivity contribution is 5.39. The van der Waals surface area contributed by atoms with Gasteiger partial charge in [-0.05, 0) is 43.0 Å². The van der Waals surface area contributed by atoms with Gasteiger partial charge in [-0.3, -0.25) is 4.90 Å². The molecule has 1 aliphatic rings. The lowest BCUT2D eigenvalue weighted by Gasteiger charge is -2.37. The van der Waals surface area contributed by atoms with Crippen molar-refractivity contribution in [3.05, 3.63) is 29.8 Å². The van der Waals surface area contributed by atoms with Crippen molar-refractivity contribution in [3.63, 3.8) is 0 Å². The minimum Gasteiger partial charge on any atom is -0.351 e. The predicted octanol–water partition coefficient (Wildman–Crippen LogP) is 1.41. The monoisotopic (exact) mass is 329 g/mol. The minimum atomic E-state index is 0.451. The average molecular weight is 329 g/mol. The average Bonchev–Trinajstić information content (AvgIpc) is 3.09. The summed E-state index contributed by atoms with van der Waals surface area (Å²) in [6.45, 7) is 13.1. The second-order valence-corrected chi connectivity index (χ2v) is 6.45. The Morgan fingerprint density at radius 1 is 1.12 bits per heavy atom. The van der Waals surface area contributed by atoms with Gasteiger partial charge in [0, 0.05) is 38.8 Å². The molecule has 0 saturated carbocycles. The molecule has 1 N–H and O–H groups in total. The quantitative estimate of drug-likeness (QED) is 0.865. The zero-order valence-corrected chi connectivity index (χ0v) is 14.8. The van der Waals surface area contributed by atoms with Gasteiger partial charge in [0.1, 0.15) is 0 Å². The maximum atomic E-state index is 4.12. The lowest BCUT2D eigenvalue weighted by atomic mass is 10.2. The summed E-state index contributed by atoms with van der Waals surface area (Å²) < 4.78 is 1.75. The van der Waals surface area contributed by atoms with Gasteiger partial charge in [-0.1, -0.05) is 29.7 Å². The van der Waals surface area contributed by atoms with Crippen molar-refractivity contribution in [2.24, 2.45) is 0 Å². The highest BCUT2D eigenvalue weighted by atomic mass is 15.6. The molecule has 1 saturated heterocycles. The van der Waals surface area contributed by atoms with Crippen LogP contribution in [0, 0.1) is 6.92 Å². The number of nitrogens with zero attached hydrogens (tertiary/aromatic N) is 6. The van der Waals surface area contributed by atoms with Crippen LogP contribution in [-0.2, 0) is 0 Å². The van der Waals surface area contributed by atoms with E-state index >= 15 is 0 Å². The summed E-state index contributed by atoms with van der Waals surface area (Å²) in [7, 11) is 0. The highest BCUT2D eigenvalue weighted by Gasteiger charge is 2.20. The van der Waals surface area contributed by atoms with E-state index in [4.69, 9.17) is 0 Å². The number of nitrogens with one attached hydrogen (secondary N) is 1. The first kappa shape index (κ1) is 16.9. The number of aryl methyl sites for hydroxylation is 1. The predicted molar refractivity (Wildman–Crippen MR) is 95.5 cm³/mol. The zero-order chi connectivity index (χ0) is 16.9. The lowest BCUT2D eigenvalue weighted by Crippen LogP contribution is -2.51. The fourth-order valence-electron chi connectivity index (χ4n) is 3.05. The maximum Gasteiger partial charge on any atom is 0.247 e. The molecule has 24 heavy (non-hydrogen) atoms. The van der Waals surface area contributed by atoms with E-state index in [-0.39, 0.29) is 0 Å². The molecule has 130 valence electrons. The molecule has 1 aromatic heterocycles. The van der Waals surface area contributed by atoms with Gasteiger partial charge in [0.2, 0.25) is 5.95 Å². The molecular weight excluding hydrogens is 302 g/mol. The molecule has 0 amide bonds. The van der Waals surface area contributed by atoms with Crippen LogP contribution >= 0.6 is 0 Å². The standard InChI is InChI=1S/C17H27N7/c1-4-22-9-11-23(12-10-22)15(3)13-18-17-19-20-21-24(17)16-7-5-14(2)6-8-16/h5-8,15H,4,9-13H2,1-3H3,(H,18,19,21). The van der Waals surface area contributed by atoms with Crippen molar-refractivity contribution in [1.29, 1.82) is 0 Å².